The fraction of sp³-hybridized carbons (Fsp3) is 0.529. The summed E-state index contributed by atoms with van der Waals surface area (Å²) < 4.78 is 39.3. The van der Waals surface area contributed by atoms with E-state index in [9.17, 15) is 13.2 Å². The second-order valence-electron chi connectivity index (χ2n) is 7.43. The van der Waals surface area contributed by atoms with E-state index in [1.165, 1.54) is 8.99 Å². The fourth-order valence-corrected chi connectivity index (χ4v) is 6.15. The Kier molecular flexibility index (Phi) is 4.14. The van der Waals surface area contributed by atoms with E-state index >= 15 is 0 Å². The first-order valence-electron chi connectivity index (χ1n) is 9.33. The molecule has 0 radical (unpaired) electrons. The molecular weight excluding hydrogens is 400 g/mol. The molecule has 11 heteroatoms. The molecule has 0 bridgehead atoms. The van der Waals surface area contributed by atoms with Gasteiger partial charge in [-0.2, -0.15) is 18.2 Å². The Labute approximate surface area is 166 Å². The molecular formula is C17H20N6O3S2. The summed E-state index contributed by atoms with van der Waals surface area (Å²) in [5, 5.41) is 4.41. The van der Waals surface area contributed by atoms with Crippen LogP contribution in [0.1, 0.15) is 43.5 Å². The lowest BCUT2D eigenvalue weighted by Crippen LogP contribution is -2.41. The van der Waals surface area contributed by atoms with Crippen LogP contribution in [0.2, 0.25) is 0 Å². The van der Waals surface area contributed by atoms with Crippen molar-refractivity contribution < 1.29 is 8.42 Å². The SMILES string of the molecule is Cn1nc(C2CC2)n(C2CCN(S(=O)(=O)c3cccc4nsnc34)CC2)c1=O. The molecule has 2 fully saturated rings. The molecule has 3 aromatic rings. The zero-order valence-electron chi connectivity index (χ0n) is 15.4. The average Bonchev–Trinajstić information content (AvgIpc) is 3.35. The van der Waals surface area contributed by atoms with Crippen molar-refractivity contribution in [3.8, 4) is 0 Å². The molecule has 0 unspecified atom stereocenters. The van der Waals surface area contributed by atoms with Gasteiger partial charge in [0, 0.05) is 32.1 Å². The molecule has 0 N–H and O–H groups in total. The highest BCUT2D eigenvalue weighted by molar-refractivity contribution is 7.89. The van der Waals surface area contributed by atoms with Crippen LogP contribution in [-0.4, -0.2) is 48.9 Å². The van der Waals surface area contributed by atoms with Gasteiger partial charge in [0.15, 0.2) is 0 Å². The van der Waals surface area contributed by atoms with Gasteiger partial charge in [0.25, 0.3) is 0 Å². The van der Waals surface area contributed by atoms with Crippen LogP contribution in [0.5, 0.6) is 0 Å². The van der Waals surface area contributed by atoms with Crippen molar-refractivity contribution in [3.05, 3.63) is 34.5 Å². The van der Waals surface area contributed by atoms with E-state index in [0.717, 1.165) is 30.4 Å². The summed E-state index contributed by atoms with van der Waals surface area (Å²) in [5.74, 6) is 1.22. The maximum absolute atomic E-state index is 13.2. The summed E-state index contributed by atoms with van der Waals surface area (Å²) >= 11 is 1.01. The number of hydrogen-bond acceptors (Lipinski definition) is 7. The van der Waals surface area contributed by atoms with Gasteiger partial charge in [0.05, 0.1) is 11.7 Å². The Morgan fingerprint density at radius 1 is 1.11 bits per heavy atom. The molecule has 1 saturated heterocycles. The van der Waals surface area contributed by atoms with Gasteiger partial charge in [0.1, 0.15) is 21.8 Å². The Morgan fingerprint density at radius 2 is 1.86 bits per heavy atom. The van der Waals surface area contributed by atoms with Crippen LogP contribution in [0, 0.1) is 0 Å². The van der Waals surface area contributed by atoms with Gasteiger partial charge in [0.2, 0.25) is 10.0 Å². The minimum atomic E-state index is -3.65. The Balaban J connectivity index is 1.41. The molecule has 3 heterocycles. The minimum absolute atomic E-state index is 0.0139. The predicted molar refractivity (Wildman–Crippen MR) is 104 cm³/mol. The Hall–Kier alpha value is -2.11. The summed E-state index contributed by atoms with van der Waals surface area (Å²) in [7, 11) is -1.98. The van der Waals surface area contributed by atoms with Crippen molar-refractivity contribution in [2.45, 2.75) is 42.5 Å². The van der Waals surface area contributed by atoms with Gasteiger partial charge in [-0.3, -0.25) is 4.57 Å². The van der Waals surface area contributed by atoms with Crippen molar-refractivity contribution in [1.82, 2.24) is 27.4 Å². The molecule has 148 valence electrons. The number of rotatable bonds is 4. The predicted octanol–water partition coefficient (Wildman–Crippen LogP) is 1.49. The van der Waals surface area contributed by atoms with Crippen molar-refractivity contribution >= 4 is 32.8 Å². The molecule has 0 atom stereocenters. The highest BCUT2D eigenvalue weighted by atomic mass is 32.2. The van der Waals surface area contributed by atoms with Crippen molar-refractivity contribution in [2.75, 3.05) is 13.1 Å². The zero-order chi connectivity index (χ0) is 19.5. The molecule has 1 aliphatic heterocycles. The lowest BCUT2D eigenvalue weighted by Gasteiger charge is -2.31. The molecule has 0 spiro atoms. The van der Waals surface area contributed by atoms with Gasteiger partial charge in [-0.05, 0) is 37.8 Å². The summed E-state index contributed by atoms with van der Waals surface area (Å²) in [6.45, 7) is 0.735. The second kappa shape index (κ2) is 6.46. The molecule has 2 aliphatic rings. The van der Waals surface area contributed by atoms with Crippen LogP contribution in [0.4, 0.5) is 0 Å². The molecule has 0 amide bonds. The van der Waals surface area contributed by atoms with Crippen LogP contribution < -0.4 is 5.69 Å². The summed E-state index contributed by atoms with van der Waals surface area (Å²) in [5.41, 5.74) is 0.910. The summed E-state index contributed by atoms with van der Waals surface area (Å²) in [6, 6.07) is 5.03. The first-order chi connectivity index (χ1) is 13.5. The maximum Gasteiger partial charge on any atom is 0.345 e. The number of sulfonamides is 1. The molecule has 2 aromatic heterocycles. The topological polar surface area (TPSA) is 103 Å². The number of fused-ring (bicyclic) bond motifs is 1. The molecule has 9 nitrogen and oxygen atoms in total. The highest BCUT2D eigenvalue weighted by Crippen LogP contribution is 2.40. The van der Waals surface area contributed by atoms with E-state index in [-0.39, 0.29) is 16.6 Å². The monoisotopic (exact) mass is 420 g/mol. The van der Waals surface area contributed by atoms with Crippen LogP contribution in [0.25, 0.3) is 11.0 Å². The molecule has 1 aliphatic carbocycles. The Bertz CT molecular complexity index is 1200. The standard InChI is InChI=1S/C17H20N6O3S2/c1-21-17(24)23(16(18-21)11-5-6-11)12-7-9-22(10-8-12)28(25,26)14-4-2-3-13-15(14)20-27-19-13/h2-4,11-12H,5-10H2,1H3. The number of piperidine rings is 1. The quantitative estimate of drug-likeness (QED) is 0.634. The van der Waals surface area contributed by atoms with Gasteiger partial charge >= 0.3 is 5.69 Å². The lowest BCUT2D eigenvalue weighted by atomic mass is 10.1. The molecule has 5 rings (SSSR count). The number of benzene rings is 1. The molecule has 1 aromatic carbocycles. The maximum atomic E-state index is 13.2. The van der Waals surface area contributed by atoms with Crippen molar-refractivity contribution in [2.24, 2.45) is 7.05 Å². The first-order valence-corrected chi connectivity index (χ1v) is 11.5. The molecule has 1 saturated carbocycles. The number of hydrogen-bond donors (Lipinski definition) is 0. The first kappa shape index (κ1) is 18.0. The van der Waals surface area contributed by atoms with E-state index in [4.69, 9.17) is 0 Å². The van der Waals surface area contributed by atoms with Crippen LogP contribution >= 0.6 is 11.7 Å². The zero-order valence-corrected chi connectivity index (χ0v) is 17.0. The van der Waals surface area contributed by atoms with E-state index < -0.39 is 10.0 Å². The number of aryl methyl sites for hydroxylation is 1. The van der Waals surface area contributed by atoms with Crippen LogP contribution in [-0.2, 0) is 17.1 Å². The third-order valence-electron chi connectivity index (χ3n) is 5.58. The van der Waals surface area contributed by atoms with Gasteiger partial charge in [-0.1, -0.05) is 6.07 Å². The van der Waals surface area contributed by atoms with Crippen LogP contribution in [0.15, 0.2) is 27.9 Å². The van der Waals surface area contributed by atoms with Crippen molar-refractivity contribution in [3.63, 3.8) is 0 Å². The van der Waals surface area contributed by atoms with Crippen LogP contribution in [0.3, 0.4) is 0 Å². The molecule has 28 heavy (non-hydrogen) atoms. The second-order valence-corrected chi connectivity index (χ2v) is 9.87. The van der Waals surface area contributed by atoms with Gasteiger partial charge in [-0.15, -0.1) is 0 Å². The van der Waals surface area contributed by atoms with E-state index in [2.05, 4.69) is 13.8 Å². The fourth-order valence-electron chi connectivity index (χ4n) is 3.93. The lowest BCUT2D eigenvalue weighted by molar-refractivity contribution is 0.266. The largest absolute Gasteiger partial charge is 0.345 e. The van der Waals surface area contributed by atoms with E-state index in [1.54, 1.807) is 29.8 Å². The van der Waals surface area contributed by atoms with Gasteiger partial charge in [-0.25, -0.2) is 17.9 Å². The van der Waals surface area contributed by atoms with Crippen molar-refractivity contribution in [1.29, 1.82) is 0 Å². The van der Waals surface area contributed by atoms with E-state index in [1.807, 2.05) is 0 Å². The minimum Gasteiger partial charge on any atom is -0.275 e. The third-order valence-corrected chi connectivity index (χ3v) is 8.05. The van der Waals surface area contributed by atoms with Gasteiger partial charge < -0.3 is 0 Å². The highest BCUT2D eigenvalue weighted by Gasteiger charge is 2.36. The normalized spacial score (nSPS) is 19.5. The Morgan fingerprint density at radius 3 is 2.57 bits per heavy atom. The number of aromatic nitrogens is 5. The summed E-state index contributed by atoms with van der Waals surface area (Å²) in [4.78, 5) is 12.8. The van der Waals surface area contributed by atoms with E-state index in [0.29, 0.717) is 42.9 Å². The summed E-state index contributed by atoms with van der Waals surface area (Å²) in [6.07, 6.45) is 3.32. The average molecular weight is 421 g/mol. The smallest absolute Gasteiger partial charge is 0.275 e. The third kappa shape index (κ3) is 2.80. The number of nitrogens with zero attached hydrogens (tertiary/aromatic N) is 6.